The van der Waals surface area contributed by atoms with Gasteiger partial charge in [-0.25, -0.2) is 9.97 Å². The topological polar surface area (TPSA) is 112 Å². The zero-order valence-corrected chi connectivity index (χ0v) is 25.5. The second-order valence-corrected chi connectivity index (χ2v) is 13.5. The fraction of sp³-hybridized carbons (Fsp3) is 0.333. The molecular formula is C36H34N8O2. The summed E-state index contributed by atoms with van der Waals surface area (Å²) < 4.78 is 8.29. The van der Waals surface area contributed by atoms with E-state index in [1.165, 1.54) is 22.3 Å². The molecule has 6 atom stereocenters. The van der Waals surface area contributed by atoms with Crippen molar-refractivity contribution >= 4 is 0 Å². The first-order chi connectivity index (χ1) is 22.5. The number of benzene rings is 2. The van der Waals surface area contributed by atoms with Gasteiger partial charge >= 0.3 is 0 Å². The Labute approximate surface area is 265 Å². The Morgan fingerprint density at radius 1 is 0.717 bits per heavy atom. The van der Waals surface area contributed by atoms with Gasteiger partial charge in [0.1, 0.15) is 0 Å². The number of hydrogen-bond donors (Lipinski definition) is 2. The molecule has 0 bridgehead atoms. The van der Waals surface area contributed by atoms with Gasteiger partial charge in [0.25, 0.3) is 0 Å². The predicted octanol–water partition coefficient (Wildman–Crippen LogP) is 4.79. The zero-order valence-electron chi connectivity index (χ0n) is 25.5. The van der Waals surface area contributed by atoms with Crippen LogP contribution in [0.1, 0.15) is 76.3 Å². The van der Waals surface area contributed by atoms with Gasteiger partial charge in [0.2, 0.25) is 0 Å². The van der Waals surface area contributed by atoms with Crippen LogP contribution in [0.4, 0.5) is 0 Å². The molecule has 4 aromatic heterocycles. The number of nitrogens with zero attached hydrogens (tertiary/aromatic N) is 8. The first kappa shape index (κ1) is 26.4. The average molecular weight is 611 g/mol. The Morgan fingerprint density at radius 3 is 2.17 bits per heavy atom. The van der Waals surface area contributed by atoms with Gasteiger partial charge < -0.3 is 19.3 Å². The minimum atomic E-state index is -0.624. The van der Waals surface area contributed by atoms with Crippen molar-refractivity contribution in [3.05, 3.63) is 119 Å². The van der Waals surface area contributed by atoms with E-state index in [1.807, 2.05) is 47.7 Å². The van der Waals surface area contributed by atoms with Crippen molar-refractivity contribution in [2.24, 2.45) is 18.9 Å². The van der Waals surface area contributed by atoms with Crippen LogP contribution in [0, 0.1) is 11.8 Å². The predicted molar refractivity (Wildman–Crippen MR) is 170 cm³/mol. The molecule has 6 aromatic rings. The Balaban J connectivity index is 0.974. The van der Waals surface area contributed by atoms with Gasteiger partial charge in [0.05, 0.1) is 78.7 Å². The SMILES string of the molecule is Cn1cc2c(n1)CC[C@@H]([C@@H]1c3cccc(Cn4cc5c(n4)CC[C@@H]([C@@H]4c6ccccc6-c6cncn64)[C@H]5O)c3-c3cncn31)[C@@H]2O. The summed E-state index contributed by atoms with van der Waals surface area (Å²) in [6.07, 6.45) is 13.9. The van der Waals surface area contributed by atoms with E-state index in [9.17, 15) is 10.2 Å². The van der Waals surface area contributed by atoms with Crippen LogP contribution in [0.5, 0.6) is 0 Å². The lowest BCUT2D eigenvalue weighted by molar-refractivity contribution is 0.0716. The molecule has 2 aliphatic carbocycles. The molecule has 0 saturated heterocycles. The highest BCUT2D eigenvalue weighted by molar-refractivity contribution is 5.73. The number of imidazole rings is 2. The van der Waals surface area contributed by atoms with E-state index in [4.69, 9.17) is 5.10 Å². The lowest BCUT2D eigenvalue weighted by atomic mass is 9.78. The number of aliphatic hydroxyl groups is 2. The van der Waals surface area contributed by atoms with Crippen LogP contribution < -0.4 is 0 Å². The smallest absolute Gasteiger partial charge is 0.0956 e. The van der Waals surface area contributed by atoms with E-state index in [0.29, 0.717) is 6.54 Å². The van der Waals surface area contributed by atoms with Crippen LogP contribution in [0.3, 0.4) is 0 Å². The Bertz CT molecular complexity index is 2150. The Kier molecular flexibility index (Phi) is 5.52. The van der Waals surface area contributed by atoms with E-state index in [-0.39, 0.29) is 23.9 Å². The fourth-order valence-corrected chi connectivity index (χ4v) is 9.14. The molecule has 4 aliphatic rings. The van der Waals surface area contributed by atoms with Crippen LogP contribution in [0.25, 0.3) is 22.5 Å². The zero-order chi connectivity index (χ0) is 30.7. The molecule has 2 aromatic carbocycles. The Morgan fingerprint density at radius 2 is 1.37 bits per heavy atom. The molecule has 0 saturated carbocycles. The summed E-state index contributed by atoms with van der Waals surface area (Å²) in [6, 6.07) is 15.0. The van der Waals surface area contributed by atoms with Gasteiger partial charge in [-0.1, -0.05) is 42.5 Å². The molecule has 2 N–H and O–H groups in total. The number of rotatable bonds is 4. The quantitative estimate of drug-likeness (QED) is 0.297. The average Bonchev–Trinajstić information content (AvgIpc) is 3.89. The van der Waals surface area contributed by atoms with E-state index >= 15 is 0 Å². The second-order valence-electron chi connectivity index (χ2n) is 13.5. The molecule has 0 amide bonds. The molecule has 6 heterocycles. The maximum atomic E-state index is 11.9. The van der Waals surface area contributed by atoms with E-state index in [2.05, 4.69) is 72.9 Å². The van der Waals surface area contributed by atoms with Crippen molar-refractivity contribution < 1.29 is 10.2 Å². The van der Waals surface area contributed by atoms with Gasteiger partial charge in [-0.05, 0) is 42.4 Å². The van der Waals surface area contributed by atoms with Crippen LogP contribution in [-0.2, 0) is 26.4 Å². The first-order valence-electron chi connectivity index (χ1n) is 16.2. The maximum Gasteiger partial charge on any atom is 0.0956 e. The molecule has 0 fully saturated rings. The standard InChI is InChI=1S/C36H34N8O2/c1-41-16-26-28(39-41)11-9-25(35(26)45)34-23-8-4-5-20(32(23)31-14-38-19-44(31)34)15-42-17-27-29(40-42)12-10-24(36(27)46)33-22-7-3-2-6-21(22)30-13-37-18-43(30)33/h2-8,13-14,16-19,24-25,33-36,45-46H,9-12,15H2,1H3/t24-,25-,33-,34-,35-,36+/m0/s1. The molecule has 230 valence electrons. The fourth-order valence-electron chi connectivity index (χ4n) is 9.14. The van der Waals surface area contributed by atoms with Gasteiger partial charge in [-0.3, -0.25) is 9.36 Å². The second kappa shape index (κ2) is 9.60. The molecule has 0 radical (unpaired) electrons. The largest absolute Gasteiger partial charge is 0.388 e. The van der Waals surface area contributed by atoms with Crippen molar-refractivity contribution in [2.75, 3.05) is 0 Å². The molecule has 0 spiro atoms. The summed E-state index contributed by atoms with van der Waals surface area (Å²) in [4.78, 5) is 8.99. The summed E-state index contributed by atoms with van der Waals surface area (Å²) in [5.74, 6) is 0.0436. The summed E-state index contributed by atoms with van der Waals surface area (Å²) in [5, 5.41) is 33.0. The van der Waals surface area contributed by atoms with E-state index in [1.54, 1.807) is 0 Å². The molecule has 0 unspecified atom stereocenters. The lowest BCUT2D eigenvalue weighted by Crippen LogP contribution is -2.28. The highest BCUT2D eigenvalue weighted by atomic mass is 16.3. The van der Waals surface area contributed by atoms with Crippen LogP contribution in [-0.4, -0.2) is 48.9 Å². The summed E-state index contributed by atoms with van der Waals surface area (Å²) in [6.45, 7) is 0.587. The van der Waals surface area contributed by atoms with Crippen molar-refractivity contribution in [1.29, 1.82) is 0 Å². The van der Waals surface area contributed by atoms with Crippen molar-refractivity contribution in [2.45, 2.75) is 56.5 Å². The molecule has 10 rings (SSSR count). The number of aliphatic hydroxyl groups excluding tert-OH is 2. The third-order valence-electron chi connectivity index (χ3n) is 11.1. The van der Waals surface area contributed by atoms with Crippen LogP contribution in [0.15, 0.2) is 79.9 Å². The molecule has 10 heteroatoms. The molecule has 10 nitrogen and oxygen atoms in total. The van der Waals surface area contributed by atoms with Crippen molar-refractivity contribution in [3.8, 4) is 22.5 Å². The normalized spacial score (nSPS) is 25.5. The number of hydrogen-bond acceptors (Lipinski definition) is 6. The van der Waals surface area contributed by atoms with Gasteiger partial charge in [0.15, 0.2) is 0 Å². The van der Waals surface area contributed by atoms with Crippen molar-refractivity contribution in [3.63, 3.8) is 0 Å². The third kappa shape index (κ3) is 3.59. The monoisotopic (exact) mass is 610 g/mol. The van der Waals surface area contributed by atoms with Crippen LogP contribution >= 0.6 is 0 Å². The molecule has 46 heavy (non-hydrogen) atoms. The first-order valence-corrected chi connectivity index (χ1v) is 16.2. The number of aromatic nitrogens is 8. The lowest BCUT2D eigenvalue weighted by Gasteiger charge is -2.33. The van der Waals surface area contributed by atoms with Gasteiger partial charge in [-0.2, -0.15) is 10.2 Å². The van der Waals surface area contributed by atoms with E-state index in [0.717, 1.165) is 65.1 Å². The van der Waals surface area contributed by atoms with Crippen molar-refractivity contribution in [1.82, 2.24) is 38.7 Å². The van der Waals surface area contributed by atoms with Crippen LogP contribution in [0.2, 0.25) is 0 Å². The molecular weight excluding hydrogens is 576 g/mol. The van der Waals surface area contributed by atoms with E-state index < -0.39 is 12.2 Å². The minimum absolute atomic E-state index is 0.00781. The summed E-state index contributed by atoms with van der Waals surface area (Å²) in [5.41, 5.74) is 12.1. The summed E-state index contributed by atoms with van der Waals surface area (Å²) in [7, 11) is 1.92. The number of fused-ring (bicyclic) bond motifs is 8. The van der Waals surface area contributed by atoms with Gasteiger partial charge in [-0.15, -0.1) is 0 Å². The van der Waals surface area contributed by atoms with Gasteiger partial charge in [0, 0.05) is 53.5 Å². The summed E-state index contributed by atoms with van der Waals surface area (Å²) >= 11 is 0. The minimum Gasteiger partial charge on any atom is -0.388 e. The number of aryl methyl sites for hydroxylation is 3. The highest BCUT2D eigenvalue weighted by Crippen LogP contribution is 2.52. The third-order valence-corrected chi connectivity index (χ3v) is 11.1. The molecule has 2 aliphatic heterocycles. The highest BCUT2D eigenvalue weighted by Gasteiger charge is 2.43. The Hall–Kier alpha value is -4.80. The maximum absolute atomic E-state index is 11.9.